The summed E-state index contributed by atoms with van der Waals surface area (Å²) in [6.07, 6.45) is -0.653. The number of amides is 3. The molecule has 3 aliphatic heterocycles. The van der Waals surface area contributed by atoms with Crippen LogP contribution >= 0.6 is 11.8 Å². The minimum Gasteiger partial charge on any atom is -0.309 e. The van der Waals surface area contributed by atoms with Gasteiger partial charge in [-0.3, -0.25) is 24.0 Å². The van der Waals surface area contributed by atoms with Crippen molar-refractivity contribution in [2.24, 2.45) is 7.05 Å². The first-order chi connectivity index (χ1) is 15.5. The van der Waals surface area contributed by atoms with E-state index in [2.05, 4.69) is 10.4 Å². The molecular formula is C23H19N5O3S. The molecule has 1 aromatic heterocycles. The number of carbonyl (C=O) groups is 3. The highest BCUT2D eigenvalue weighted by Gasteiger charge is 2.48. The Balaban J connectivity index is 1.37. The fraction of sp³-hybridized carbons (Fsp3) is 0.217. The third-order valence-corrected chi connectivity index (χ3v) is 7.14. The van der Waals surface area contributed by atoms with Crippen molar-refractivity contribution in [2.75, 3.05) is 16.8 Å². The van der Waals surface area contributed by atoms with Gasteiger partial charge in [-0.2, -0.15) is 16.9 Å². The summed E-state index contributed by atoms with van der Waals surface area (Å²) in [5, 5.41) is 7.42. The van der Waals surface area contributed by atoms with Crippen LogP contribution in [0.4, 0.5) is 11.5 Å². The van der Waals surface area contributed by atoms with E-state index in [1.165, 1.54) is 4.90 Å². The van der Waals surface area contributed by atoms with Crippen molar-refractivity contribution >= 4 is 41.0 Å². The summed E-state index contributed by atoms with van der Waals surface area (Å²) < 4.78 is 1.68. The van der Waals surface area contributed by atoms with Crippen LogP contribution in [0.25, 0.3) is 0 Å². The number of hydrogen-bond acceptors (Lipinski definition) is 5. The standard InChI is InChI=1S/C23H19N5O3S/c1-26-20(16-11-32-12-17(16)25-26)24-19(29)10-27-21-13-6-2-3-7-14(13)23(31)28(21)18-9-5-4-8-15(18)22(27)30/h2-9,21H,10-12H2,1H3,(H,24,29)/t21-/m1/s1. The lowest BCUT2D eigenvalue weighted by atomic mass is 10.0. The quantitative estimate of drug-likeness (QED) is 0.670. The van der Waals surface area contributed by atoms with Crippen LogP contribution in [0.5, 0.6) is 0 Å². The number of hydrogen-bond donors (Lipinski definition) is 1. The van der Waals surface area contributed by atoms with Gasteiger partial charge >= 0.3 is 0 Å². The molecule has 1 N–H and O–H groups in total. The van der Waals surface area contributed by atoms with Crippen LogP contribution in [-0.4, -0.2) is 38.9 Å². The van der Waals surface area contributed by atoms with Crippen LogP contribution in [0, 0.1) is 0 Å². The molecule has 9 heteroatoms. The van der Waals surface area contributed by atoms with Gasteiger partial charge in [-0.15, -0.1) is 0 Å². The molecule has 32 heavy (non-hydrogen) atoms. The van der Waals surface area contributed by atoms with Gasteiger partial charge in [0, 0.05) is 35.2 Å². The van der Waals surface area contributed by atoms with Gasteiger partial charge in [0.1, 0.15) is 18.5 Å². The first kappa shape index (κ1) is 19.1. The maximum atomic E-state index is 13.5. The largest absolute Gasteiger partial charge is 0.309 e. The summed E-state index contributed by atoms with van der Waals surface area (Å²) in [5.74, 6) is 1.53. The molecule has 160 valence electrons. The molecule has 6 rings (SSSR count). The average Bonchev–Trinajstić information content (AvgIpc) is 3.45. The SMILES string of the molecule is Cn1nc2c(c1NC(=O)CN1C(=O)c3ccccc3N3C(=O)c4ccccc4[C@H]13)CSC2. The van der Waals surface area contributed by atoms with E-state index in [0.717, 1.165) is 28.3 Å². The Labute approximate surface area is 188 Å². The van der Waals surface area contributed by atoms with Crippen molar-refractivity contribution in [1.82, 2.24) is 14.7 Å². The van der Waals surface area contributed by atoms with Gasteiger partial charge in [0.15, 0.2) is 0 Å². The molecule has 3 aliphatic rings. The zero-order valence-corrected chi connectivity index (χ0v) is 18.1. The second-order valence-corrected chi connectivity index (χ2v) is 9.01. The van der Waals surface area contributed by atoms with Crippen molar-refractivity contribution in [3.05, 3.63) is 76.5 Å². The third kappa shape index (κ3) is 2.64. The van der Waals surface area contributed by atoms with E-state index in [-0.39, 0.29) is 24.3 Å². The number of fused-ring (bicyclic) bond motifs is 6. The summed E-state index contributed by atoms with van der Waals surface area (Å²) in [7, 11) is 1.80. The molecule has 0 aliphatic carbocycles. The molecule has 0 saturated heterocycles. The van der Waals surface area contributed by atoms with E-state index in [9.17, 15) is 14.4 Å². The van der Waals surface area contributed by atoms with Gasteiger partial charge in [-0.05, 0) is 18.2 Å². The molecular weight excluding hydrogens is 426 g/mol. The predicted octanol–water partition coefficient (Wildman–Crippen LogP) is 2.92. The van der Waals surface area contributed by atoms with Gasteiger partial charge < -0.3 is 10.2 Å². The normalized spacial score (nSPS) is 18.3. The molecule has 8 nitrogen and oxygen atoms in total. The lowest BCUT2D eigenvalue weighted by Crippen LogP contribution is -2.50. The lowest BCUT2D eigenvalue weighted by molar-refractivity contribution is -0.117. The summed E-state index contributed by atoms with van der Waals surface area (Å²) in [6.45, 7) is -0.178. The second kappa shape index (κ2) is 6.96. The Morgan fingerprint density at radius 1 is 1.06 bits per heavy atom. The highest BCUT2D eigenvalue weighted by molar-refractivity contribution is 7.98. The summed E-state index contributed by atoms with van der Waals surface area (Å²) >= 11 is 1.76. The highest BCUT2D eigenvalue weighted by atomic mass is 32.2. The number of carbonyl (C=O) groups excluding carboxylic acids is 3. The Hall–Kier alpha value is -3.59. The van der Waals surface area contributed by atoms with E-state index in [1.807, 2.05) is 18.2 Å². The van der Waals surface area contributed by atoms with E-state index < -0.39 is 6.17 Å². The van der Waals surface area contributed by atoms with Crippen molar-refractivity contribution in [1.29, 1.82) is 0 Å². The monoisotopic (exact) mass is 445 g/mol. The summed E-state index contributed by atoms with van der Waals surface area (Å²) in [4.78, 5) is 42.9. The number of aryl methyl sites for hydroxylation is 1. The zero-order valence-electron chi connectivity index (χ0n) is 17.2. The molecule has 0 unspecified atom stereocenters. The van der Waals surface area contributed by atoms with Crippen LogP contribution in [0.2, 0.25) is 0 Å². The van der Waals surface area contributed by atoms with Crippen molar-refractivity contribution in [3.63, 3.8) is 0 Å². The molecule has 0 saturated carbocycles. The molecule has 3 amide bonds. The first-order valence-electron chi connectivity index (χ1n) is 10.3. The fourth-order valence-electron chi connectivity index (χ4n) is 4.76. The van der Waals surface area contributed by atoms with Crippen LogP contribution in [0.1, 0.15) is 43.7 Å². The smallest absolute Gasteiger partial charge is 0.260 e. The third-order valence-electron chi connectivity index (χ3n) is 6.17. The van der Waals surface area contributed by atoms with Crippen molar-refractivity contribution in [3.8, 4) is 0 Å². The van der Waals surface area contributed by atoms with E-state index in [1.54, 1.807) is 58.7 Å². The minimum absolute atomic E-state index is 0.169. The zero-order chi connectivity index (χ0) is 22.0. The number of nitrogens with zero attached hydrogens (tertiary/aromatic N) is 4. The van der Waals surface area contributed by atoms with Gasteiger partial charge in [0.25, 0.3) is 11.8 Å². The van der Waals surface area contributed by atoms with Gasteiger partial charge in [0.05, 0.1) is 16.9 Å². The van der Waals surface area contributed by atoms with Crippen LogP contribution < -0.4 is 10.2 Å². The number of benzene rings is 2. The van der Waals surface area contributed by atoms with Crippen molar-refractivity contribution < 1.29 is 14.4 Å². The molecule has 0 radical (unpaired) electrons. The average molecular weight is 446 g/mol. The number of aromatic nitrogens is 2. The second-order valence-electron chi connectivity index (χ2n) is 8.02. The molecule has 2 aromatic carbocycles. The summed E-state index contributed by atoms with van der Waals surface area (Å²) in [6, 6.07) is 14.3. The topological polar surface area (TPSA) is 87.5 Å². The Kier molecular flexibility index (Phi) is 4.16. The molecule has 4 heterocycles. The summed E-state index contributed by atoms with van der Waals surface area (Å²) in [5.41, 5.74) is 4.28. The van der Waals surface area contributed by atoms with Crippen molar-refractivity contribution in [2.45, 2.75) is 17.7 Å². The minimum atomic E-state index is -0.653. The highest BCUT2D eigenvalue weighted by Crippen LogP contribution is 2.45. The molecule has 0 fully saturated rings. The number of nitrogens with one attached hydrogen (secondary N) is 1. The van der Waals surface area contributed by atoms with E-state index in [0.29, 0.717) is 22.6 Å². The first-order valence-corrected chi connectivity index (χ1v) is 11.4. The Bertz CT molecular complexity index is 1320. The van der Waals surface area contributed by atoms with Gasteiger partial charge in [0.2, 0.25) is 5.91 Å². The van der Waals surface area contributed by atoms with Crippen LogP contribution in [-0.2, 0) is 23.3 Å². The van der Waals surface area contributed by atoms with Gasteiger partial charge in [-0.1, -0.05) is 30.3 Å². The van der Waals surface area contributed by atoms with Gasteiger partial charge in [-0.25, -0.2) is 0 Å². The maximum absolute atomic E-state index is 13.5. The number of anilines is 2. The van der Waals surface area contributed by atoms with Crippen LogP contribution in [0.3, 0.4) is 0 Å². The maximum Gasteiger partial charge on any atom is 0.260 e. The number of para-hydroxylation sites is 1. The molecule has 0 spiro atoms. The molecule has 3 aromatic rings. The molecule has 1 atom stereocenters. The van der Waals surface area contributed by atoms with E-state index in [4.69, 9.17) is 0 Å². The number of rotatable bonds is 3. The fourth-order valence-corrected chi connectivity index (χ4v) is 5.79. The Morgan fingerprint density at radius 3 is 2.66 bits per heavy atom. The molecule has 0 bridgehead atoms. The van der Waals surface area contributed by atoms with Crippen LogP contribution in [0.15, 0.2) is 48.5 Å². The number of thioether (sulfide) groups is 1. The predicted molar refractivity (Wildman–Crippen MR) is 120 cm³/mol. The lowest BCUT2D eigenvalue weighted by Gasteiger charge is -2.40. The Morgan fingerprint density at radius 2 is 1.81 bits per heavy atom. The van der Waals surface area contributed by atoms with E-state index >= 15 is 0 Å².